The minimum atomic E-state index is -1.15. The predicted molar refractivity (Wildman–Crippen MR) is 68.9 cm³/mol. The van der Waals surface area contributed by atoms with Gasteiger partial charge in [0.1, 0.15) is 17.6 Å². The Kier molecular flexibility index (Phi) is 3.64. The van der Waals surface area contributed by atoms with Crippen LogP contribution in [0.3, 0.4) is 0 Å². The monoisotopic (exact) mass is 265 g/mol. The maximum absolute atomic E-state index is 12.1. The zero-order chi connectivity index (χ0) is 14.0. The lowest BCUT2D eigenvalue weighted by Gasteiger charge is -2.39. The lowest BCUT2D eigenvalue weighted by molar-refractivity contribution is -0.148. The smallest absolute Gasteiger partial charge is 0.329 e. The number of carboxylic acid groups (broad SMARTS) is 1. The molecular formula is C14H19NO4. The van der Waals surface area contributed by atoms with E-state index in [2.05, 4.69) is 5.32 Å². The molecule has 0 aliphatic heterocycles. The van der Waals surface area contributed by atoms with Crippen LogP contribution in [0.25, 0.3) is 0 Å². The second-order valence-electron chi connectivity index (χ2n) is 5.32. The number of furan rings is 1. The number of carbonyl (C=O) groups is 2. The minimum Gasteiger partial charge on any atom is -0.479 e. The summed E-state index contributed by atoms with van der Waals surface area (Å²) in [6, 6.07) is 1.61. The van der Waals surface area contributed by atoms with Crippen molar-refractivity contribution >= 4 is 11.9 Å². The molecule has 0 saturated heterocycles. The fraction of sp³-hybridized carbons (Fsp3) is 0.571. The predicted octanol–water partition coefficient (Wildman–Crippen LogP) is 2.35. The summed E-state index contributed by atoms with van der Waals surface area (Å²) in [5.74, 6) is -0.775. The Bertz CT molecular complexity index is 493. The topological polar surface area (TPSA) is 79.5 Å². The largest absolute Gasteiger partial charge is 0.479 e. The number of rotatable bonds is 3. The van der Waals surface area contributed by atoms with Crippen molar-refractivity contribution in [1.29, 1.82) is 0 Å². The Morgan fingerprint density at radius 1 is 1.47 bits per heavy atom. The molecule has 5 heteroatoms. The highest BCUT2D eigenvalue weighted by molar-refractivity contribution is 5.97. The van der Waals surface area contributed by atoms with Gasteiger partial charge in [0, 0.05) is 0 Å². The highest BCUT2D eigenvalue weighted by Gasteiger charge is 2.46. The Morgan fingerprint density at radius 2 is 2.21 bits per heavy atom. The van der Waals surface area contributed by atoms with Crippen molar-refractivity contribution in [1.82, 2.24) is 5.32 Å². The summed E-state index contributed by atoms with van der Waals surface area (Å²) >= 11 is 0. The molecule has 0 radical (unpaired) electrons. The van der Waals surface area contributed by atoms with E-state index in [0.717, 1.165) is 19.3 Å². The van der Waals surface area contributed by atoms with Gasteiger partial charge in [-0.1, -0.05) is 19.8 Å². The summed E-state index contributed by atoms with van der Waals surface area (Å²) in [6.45, 7) is 3.63. The lowest BCUT2D eigenvalue weighted by Crippen LogP contribution is -2.59. The Hall–Kier alpha value is -1.78. The summed E-state index contributed by atoms with van der Waals surface area (Å²) in [4.78, 5) is 23.8. The van der Waals surface area contributed by atoms with Gasteiger partial charge in [0.05, 0.1) is 5.56 Å². The van der Waals surface area contributed by atoms with Gasteiger partial charge in [-0.25, -0.2) is 4.79 Å². The molecule has 2 rings (SSSR count). The summed E-state index contributed by atoms with van der Waals surface area (Å²) < 4.78 is 5.09. The highest BCUT2D eigenvalue weighted by atomic mass is 16.4. The Labute approximate surface area is 112 Å². The first kappa shape index (κ1) is 13.6. The first-order valence-corrected chi connectivity index (χ1v) is 6.57. The SMILES string of the molecule is Cc1cc(C(=O)NC2(C(=O)O)CCCCC2C)co1. The van der Waals surface area contributed by atoms with E-state index >= 15 is 0 Å². The molecular weight excluding hydrogens is 246 g/mol. The van der Waals surface area contributed by atoms with Crippen molar-refractivity contribution in [2.75, 3.05) is 0 Å². The van der Waals surface area contributed by atoms with Crippen LogP contribution in [-0.4, -0.2) is 22.5 Å². The van der Waals surface area contributed by atoms with E-state index in [1.165, 1.54) is 6.26 Å². The number of aryl methyl sites for hydroxylation is 1. The van der Waals surface area contributed by atoms with E-state index in [9.17, 15) is 14.7 Å². The van der Waals surface area contributed by atoms with Gasteiger partial charge in [-0.2, -0.15) is 0 Å². The van der Waals surface area contributed by atoms with E-state index in [1.807, 2.05) is 6.92 Å². The molecule has 1 saturated carbocycles. The first-order chi connectivity index (χ1) is 8.95. The molecule has 1 heterocycles. The molecule has 2 atom stereocenters. The zero-order valence-electron chi connectivity index (χ0n) is 11.2. The average molecular weight is 265 g/mol. The van der Waals surface area contributed by atoms with Gasteiger partial charge in [-0.05, 0) is 31.7 Å². The van der Waals surface area contributed by atoms with Gasteiger partial charge < -0.3 is 14.8 Å². The van der Waals surface area contributed by atoms with Crippen LogP contribution in [-0.2, 0) is 4.79 Å². The van der Waals surface area contributed by atoms with Gasteiger partial charge in [-0.3, -0.25) is 4.79 Å². The number of amides is 1. The molecule has 1 aromatic heterocycles. The second kappa shape index (κ2) is 5.07. The van der Waals surface area contributed by atoms with Gasteiger partial charge >= 0.3 is 5.97 Å². The van der Waals surface area contributed by atoms with Crippen molar-refractivity contribution in [2.45, 2.75) is 45.1 Å². The molecule has 2 unspecified atom stereocenters. The highest BCUT2D eigenvalue weighted by Crippen LogP contribution is 2.34. The number of carboxylic acids is 1. The molecule has 0 aromatic carbocycles. The van der Waals surface area contributed by atoms with Crippen LogP contribution in [0, 0.1) is 12.8 Å². The normalized spacial score (nSPS) is 26.9. The van der Waals surface area contributed by atoms with Crippen LogP contribution >= 0.6 is 0 Å². The molecule has 1 aliphatic rings. The Morgan fingerprint density at radius 3 is 2.74 bits per heavy atom. The average Bonchev–Trinajstić information content (AvgIpc) is 2.78. The van der Waals surface area contributed by atoms with E-state index in [1.54, 1.807) is 13.0 Å². The third kappa shape index (κ3) is 2.50. The molecule has 1 aliphatic carbocycles. The van der Waals surface area contributed by atoms with Crippen LogP contribution in [0.15, 0.2) is 16.7 Å². The van der Waals surface area contributed by atoms with Crippen molar-refractivity contribution in [3.05, 3.63) is 23.7 Å². The zero-order valence-corrected chi connectivity index (χ0v) is 11.2. The van der Waals surface area contributed by atoms with Gasteiger partial charge in [0.15, 0.2) is 0 Å². The molecule has 0 spiro atoms. The summed E-state index contributed by atoms with van der Waals surface area (Å²) in [5.41, 5.74) is -0.781. The molecule has 1 fully saturated rings. The standard InChI is InChI=1S/C14H19NO4/c1-9-5-3-4-6-14(9,13(17)18)15-12(16)11-7-10(2)19-8-11/h7-9H,3-6H2,1-2H3,(H,15,16)(H,17,18). The first-order valence-electron chi connectivity index (χ1n) is 6.57. The van der Waals surface area contributed by atoms with Crippen molar-refractivity contribution in [3.8, 4) is 0 Å². The summed E-state index contributed by atoms with van der Waals surface area (Å²) in [5, 5.41) is 12.2. The van der Waals surface area contributed by atoms with Crippen molar-refractivity contribution in [2.24, 2.45) is 5.92 Å². The third-order valence-corrected chi connectivity index (χ3v) is 4.01. The molecule has 1 amide bonds. The molecule has 0 bridgehead atoms. The van der Waals surface area contributed by atoms with Crippen LogP contribution in [0.5, 0.6) is 0 Å². The van der Waals surface area contributed by atoms with E-state index in [4.69, 9.17) is 4.42 Å². The summed E-state index contributed by atoms with van der Waals surface area (Å²) in [6.07, 6.45) is 4.48. The van der Waals surface area contributed by atoms with Gasteiger partial charge in [0.25, 0.3) is 5.91 Å². The number of nitrogens with one attached hydrogen (secondary N) is 1. The quantitative estimate of drug-likeness (QED) is 0.879. The van der Waals surface area contributed by atoms with Crippen LogP contribution in [0.2, 0.25) is 0 Å². The molecule has 19 heavy (non-hydrogen) atoms. The van der Waals surface area contributed by atoms with Gasteiger partial charge in [-0.15, -0.1) is 0 Å². The number of aliphatic carboxylic acids is 1. The van der Waals surface area contributed by atoms with Crippen molar-refractivity contribution in [3.63, 3.8) is 0 Å². The van der Waals surface area contributed by atoms with Crippen LogP contribution in [0.1, 0.15) is 48.7 Å². The molecule has 104 valence electrons. The summed E-state index contributed by atoms with van der Waals surface area (Å²) in [7, 11) is 0. The van der Waals surface area contributed by atoms with E-state index < -0.39 is 11.5 Å². The van der Waals surface area contributed by atoms with Crippen LogP contribution < -0.4 is 5.32 Å². The number of hydrogen-bond donors (Lipinski definition) is 2. The molecule has 1 aromatic rings. The third-order valence-electron chi connectivity index (χ3n) is 4.01. The molecule has 2 N–H and O–H groups in total. The van der Waals surface area contributed by atoms with Crippen molar-refractivity contribution < 1.29 is 19.1 Å². The van der Waals surface area contributed by atoms with Gasteiger partial charge in [0.2, 0.25) is 0 Å². The number of carbonyl (C=O) groups excluding carboxylic acids is 1. The second-order valence-corrected chi connectivity index (χ2v) is 5.32. The fourth-order valence-electron chi connectivity index (χ4n) is 2.74. The maximum atomic E-state index is 12.1. The molecule has 5 nitrogen and oxygen atoms in total. The lowest BCUT2D eigenvalue weighted by atomic mass is 9.73. The maximum Gasteiger partial charge on any atom is 0.329 e. The fourth-order valence-corrected chi connectivity index (χ4v) is 2.74. The van der Waals surface area contributed by atoms with E-state index in [0.29, 0.717) is 17.7 Å². The Balaban J connectivity index is 2.21. The van der Waals surface area contributed by atoms with Crippen LogP contribution in [0.4, 0.5) is 0 Å². The number of hydrogen-bond acceptors (Lipinski definition) is 3. The minimum absolute atomic E-state index is 0.0734. The van der Waals surface area contributed by atoms with E-state index in [-0.39, 0.29) is 11.8 Å².